The van der Waals surface area contributed by atoms with Gasteiger partial charge in [0.2, 0.25) is 0 Å². The molecule has 0 atom stereocenters. The van der Waals surface area contributed by atoms with Crippen molar-refractivity contribution in [3.8, 4) is 12.0 Å². The smallest absolute Gasteiger partial charge is 0.324 e. The SMILES string of the molecule is COc1nc(N=C(NS(=O)(=O)c2ccccc2Br)N(OC)S(=O)(=O)c2ccccc2Br)nc(OC)n1. The van der Waals surface area contributed by atoms with E-state index in [4.69, 9.17) is 14.3 Å². The van der Waals surface area contributed by atoms with Crippen molar-refractivity contribution in [3.63, 3.8) is 0 Å². The highest BCUT2D eigenvalue weighted by Gasteiger charge is 2.34. The number of rotatable bonds is 8. The molecule has 0 saturated heterocycles. The number of halogens is 2. The fourth-order valence-corrected chi connectivity index (χ4v) is 6.83. The Balaban J connectivity index is 2.23. The molecule has 1 heterocycles. The number of aromatic nitrogens is 3. The van der Waals surface area contributed by atoms with E-state index >= 15 is 0 Å². The lowest BCUT2D eigenvalue weighted by atomic mass is 10.4. The number of ether oxygens (including phenoxy) is 2. The van der Waals surface area contributed by atoms with Crippen LogP contribution in [0.15, 0.2) is 72.3 Å². The number of methoxy groups -OCH3 is 2. The quantitative estimate of drug-likeness (QED) is 0.215. The second-order valence-electron chi connectivity index (χ2n) is 6.43. The van der Waals surface area contributed by atoms with E-state index in [1.807, 2.05) is 0 Å². The largest absolute Gasteiger partial charge is 0.467 e. The van der Waals surface area contributed by atoms with Gasteiger partial charge in [-0.3, -0.25) is 4.84 Å². The van der Waals surface area contributed by atoms with Gasteiger partial charge in [0, 0.05) is 8.95 Å². The van der Waals surface area contributed by atoms with Gasteiger partial charge in [-0.05, 0) is 56.1 Å². The van der Waals surface area contributed by atoms with Crippen molar-refractivity contribution in [2.45, 2.75) is 9.79 Å². The van der Waals surface area contributed by atoms with Crippen molar-refractivity contribution in [2.24, 2.45) is 4.99 Å². The molecule has 0 aliphatic carbocycles. The molecule has 0 radical (unpaired) electrons. The van der Waals surface area contributed by atoms with Crippen LogP contribution in [-0.2, 0) is 24.9 Å². The Morgan fingerprint density at radius 2 is 1.33 bits per heavy atom. The van der Waals surface area contributed by atoms with Gasteiger partial charge in [-0.2, -0.15) is 23.4 Å². The van der Waals surface area contributed by atoms with E-state index in [1.54, 1.807) is 12.1 Å². The molecule has 36 heavy (non-hydrogen) atoms. The van der Waals surface area contributed by atoms with Crippen LogP contribution in [-0.4, -0.2) is 63.5 Å². The molecule has 0 spiro atoms. The van der Waals surface area contributed by atoms with Crippen molar-refractivity contribution >= 4 is 63.8 Å². The van der Waals surface area contributed by atoms with Gasteiger partial charge in [-0.1, -0.05) is 24.3 Å². The first-order valence-corrected chi connectivity index (χ1v) is 14.1. The van der Waals surface area contributed by atoms with Gasteiger partial charge in [-0.15, -0.1) is 9.45 Å². The number of nitrogens with one attached hydrogen (secondary N) is 1. The average molecular weight is 666 g/mol. The van der Waals surface area contributed by atoms with Crippen LogP contribution in [0.4, 0.5) is 5.95 Å². The van der Waals surface area contributed by atoms with Gasteiger partial charge in [0.25, 0.3) is 32.0 Å². The second-order valence-corrected chi connectivity index (χ2v) is 11.5. The molecule has 0 amide bonds. The minimum absolute atomic E-state index is 0.196. The molecule has 192 valence electrons. The predicted octanol–water partition coefficient (Wildman–Crippen LogP) is 2.63. The molecular weight excluding hydrogens is 648 g/mol. The first-order chi connectivity index (χ1) is 17.0. The van der Waals surface area contributed by atoms with Gasteiger partial charge >= 0.3 is 12.0 Å². The fourth-order valence-electron chi connectivity index (χ4n) is 2.64. The number of hydrogen-bond donors (Lipinski definition) is 1. The van der Waals surface area contributed by atoms with Crippen molar-refractivity contribution in [1.29, 1.82) is 0 Å². The van der Waals surface area contributed by atoms with E-state index in [0.29, 0.717) is 0 Å². The molecule has 0 aliphatic heterocycles. The van der Waals surface area contributed by atoms with Gasteiger partial charge in [-0.25, -0.2) is 13.1 Å². The Hall–Kier alpha value is -2.86. The Bertz CT molecular complexity index is 1480. The van der Waals surface area contributed by atoms with Crippen LogP contribution in [0.5, 0.6) is 12.0 Å². The Labute approximate surface area is 223 Å². The number of benzene rings is 2. The number of guanidine groups is 1. The summed E-state index contributed by atoms with van der Waals surface area (Å²) in [6.45, 7) is 0. The lowest BCUT2D eigenvalue weighted by Gasteiger charge is -2.23. The Morgan fingerprint density at radius 1 is 0.833 bits per heavy atom. The maximum atomic E-state index is 13.5. The zero-order valence-corrected chi connectivity index (χ0v) is 23.6. The van der Waals surface area contributed by atoms with E-state index in [1.165, 1.54) is 50.6 Å². The number of hydrogen-bond acceptors (Lipinski definition) is 11. The third kappa shape index (κ3) is 6.09. The van der Waals surface area contributed by atoms with Crippen LogP contribution in [0, 0.1) is 0 Å². The maximum absolute atomic E-state index is 13.5. The van der Waals surface area contributed by atoms with Crippen LogP contribution in [0.25, 0.3) is 0 Å². The molecule has 0 saturated carbocycles. The van der Waals surface area contributed by atoms with E-state index < -0.39 is 32.0 Å². The van der Waals surface area contributed by atoms with E-state index in [-0.39, 0.29) is 35.2 Å². The van der Waals surface area contributed by atoms with E-state index in [0.717, 1.165) is 7.11 Å². The maximum Gasteiger partial charge on any atom is 0.324 e. The summed E-state index contributed by atoms with van der Waals surface area (Å²) in [6, 6.07) is 11.3. The summed E-state index contributed by atoms with van der Waals surface area (Å²) in [6.07, 6.45) is 0. The van der Waals surface area contributed by atoms with Crippen LogP contribution in [0.1, 0.15) is 0 Å². The molecule has 0 fully saturated rings. The highest BCUT2D eigenvalue weighted by atomic mass is 79.9. The van der Waals surface area contributed by atoms with Crippen molar-refractivity contribution in [3.05, 3.63) is 57.5 Å². The van der Waals surface area contributed by atoms with Gasteiger partial charge in [0.05, 0.1) is 21.3 Å². The van der Waals surface area contributed by atoms with Crippen LogP contribution in [0.2, 0.25) is 0 Å². The molecule has 1 aromatic heterocycles. The molecule has 0 unspecified atom stereocenters. The number of sulfonamides is 2. The highest BCUT2D eigenvalue weighted by Crippen LogP contribution is 2.27. The minimum atomic E-state index is -4.54. The second kappa shape index (κ2) is 11.5. The molecular formula is C19H18Br2N6O7S2. The Kier molecular flexibility index (Phi) is 8.83. The molecule has 1 N–H and O–H groups in total. The van der Waals surface area contributed by atoms with Gasteiger partial charge in [0.1, 0.15) is 9.79 Å². The summed E-state index contributed by atoms with van der Waals surface area (Å²) >= 11 is 6.35. The number of aliphatic imine (C=N–C) groups is 1. The zero-order valence-electron chi connectivity index (χ0n) is 18.8. The molecule has 3 aromatic rings. The predicted molar refractivity (Wildman–Crippen MR) is 135 cm³/mol. The summed E-state index contributed by atoms with van der Waals surface area (Å²) in [5.41, 5.74) is 0. The fraction of sp³-hybridized carbons (Fsp3) is 0.158. The summed E-state index contributed by atoms with van der Waals surface area (Å²) in [5.74, 6) is -1.24. The van der Waals surface area contributed by atoms with Crippen molar-refractivity contribution in [2.75, 3.05) is 21.3 Å². The standard InChI is InChI=1S/C19H18Br2N6O7S2/c1-32-18-23-16(24-19(25-18)33-2)22-17(26-35(28,29)14-10-6-4-8-12(14)20)27(34-3)36(30,31)15-11-7-5-9-13(15)21/h4-11H,1-3H3,(H,22,23,24,25,26). The van der Waals surface area contributed by atoms with Crippen molar-refractivity contribution in [1.82, 2.24) is 24.1 Å². The minimum Gasteiger partial charge on any atom is -0.467 e. The lowest BCUT2D eigenvalue weighted by molar-refractivity contribution is 0.0129. The van der Waals surface area contributed by atoms with Crippen LogP contribution < -0.4 is 14.2 Å². The van der Waals surface area contributed by atoms with Gasteiger partial charge in [0.15, 0.2) is 0 Å². The van der Waals surface area contributed by atoms with Crippen LogP contribution >= 0.6 is 31.9 Å². The zero-order chi connectivity index (χ0) is 26.5. The van der Waals surface area contributed by atoms with E-state index in [9.17, 15) is 16.8 Å². The summed E-state index contributed by atoms with van der Waals surface area (Å²) in [5, 5.41) is 0. The number of hydroxylamine groups is 1. The number of nitrogens with zero attached hydrogens (tertiary/aromatic N) is 5. The van der Waals surface area contributed by atoms with Gasteiger partial charge < -0.3 is 9.47 Å². The van der Waals surface area contributed by atoms with Crippen LogP contribution in [0.3, 0.4) is 0 Å². The summed E-state index contributed by atoms with van der Waals surface area (Å²) in [4.78, 5) is 20.3. The third-order valence-corrected chi connectivity index (χ3v) is 9.14. The summed E-state index contributed by atoms with van der Waals surface area (Å²) in [7, 11) is -5.37. The Morgan fingerprint density at radius 3 is 1.81 bits per heavy atom. The monoisotopic (exact) mass is 664 g/mol. The van der Waals surface area contributed by atoms with E-state index in [2.05, 4.69) is 56.5 Å². The molecule has 2 aromatic carbocycles. The first kappa shape index (κ1) is 27.7. The summed E-state index contributed by atoms with van der Waals surface area (Å²) < 4.78 is 66.3. The first-order valence-electron chi connectivity index (χ1n) is 9.57. The molecule has 17 heteroatoms. The molecule has 3 rings (SSSR count). The average Bonchev–Trinajstić information content (AvgIpc) is 2.84. The highest BCUT2D eigenvalue weighted by molar-refractivity contribution is 9.10. The molecule has 0 aliphatic rings. The molecule has 0 bridgehead atoms. The third-order valence-electron chi connectivity index (χ3n) is 4.18. The lowest BCUT2D eigenvalue weighted by Crippen LogP contribution is -2.46. The topological polar surface area (TPSA) is 162 Å². The normalized spacial score (nSPS) is 12.2. The molecule has 13 nitrogen and oxygen atoms in total. The van der Waals surface area contributed by atoms with Crippen molar-refractivity contribution < 1.29 is 31.1 Å².